The molecule has 20 heavy (non-hydrogen) atoms. The Hall–Kier alpha value is -1.77. The van der Waals surface area contributed by atoms with Crippen LogP contribution in [0.15, 0.2) is 41.9 Å². The van der Waals surface area contributed by atoms with E-state index in [0.717, 1.165) is 5.69 Å². The van der Waals surface area contributed by atoms with Crippen molar-refractivity contribution in [3.05, 3.63) is 42.7 Å². The van der Waals surface area contributed by atoms with Crippen LogP contribution in [0.5, 0.6) is 0 Å². The van der Waals surface area contributed by atoms with Crippen LogP contribution in [-0.2, 0) is 27.8 Å². The Morgan fingerprint density at radius 3 is 2.90 bits per heavy atom. The third-order valence-electron chi connectivity index (χ3n) is 2.72. The molecule has 2 aromatic heterocycles. The first-order valence-corrected chi connectivity index (χ1v) is 7.49. The molecule has 0 radical (unpaired) electrons. The summed E-state index contributed by atoms with van der Waals surface area (Å²) in [7, 11) is -1.95. The van der Waals surface area contributed by atoms with Gasteiger partial charge in [-0.1, -0.05) is 0 Å². The summed E-state index contributed by atoms with van der Waals surface area (Å²) in [5, 5.41) is 0. The van der Waals surface area contributed by atoms with Crippen molar-refractivity contribution < 1.29 is 13.2 Å². The first-order chi connectivity index (χ1) is 9.63. The van der Waals surface area contributed by atoms with Crippen molar-refractivity contribution >= 4 is 10.0 Å². The minimum atomic E-state index is -3.56. The SMILES string of the molecule is COCCn1cncc1CNS(=O)(=O)c1cccnc1. The van der Waals surface area contributed by atoms with Gasteiger partial charge in [0.1, 0.15) is 4.90 Å². The van der Waals surface area contributed by atoms with Crippen LogP contribution in [-0.4, -0.2) is 36.7 Å². The fourth-order valence-electron chi connectivity index (χ4n) is 1.64. The molecule has 2 rings (SSSR count). The highest BCUT2D eigenvalue weighted by molar-refractivity contribution is 7.89. The van der Waals surface area contributed by atoms with Crippen LogP contribution >= 0.6 is 0 Å². The smallest absolute Gasteiger partial charge is 0.242 e. The Kier molecular flexibility index (Phi) is 4.83. The van der Waals surface area contributed by atoms with Crippen LogP contribution in [0, 0.1) is 0 Å². The van der Waals surface area contributed by atoms with E-state index in [4.69, 9.17) is 4.74 Å². The summed E-state index contributed by atoms with van der Waals surface area (Å²) < 4.78 is 33.5. The molecular weight excluding hydrogens is 280 g/mol. The third kappa shape index (κ3) is 3.62. The molecule has 0 aliphatic heterocycles. The quantitative estimate of drug-likeness (QED) is 0.799. The number of hydrogen-bond donors (Lipinski definition) is 1. The second-order valence-corrected chi connectivity index (χ2v) is 5.85. The summed E-state index contributed by atoms with van der Waals surface area (Å²) in [6, 6.07) is 3.08. The van der Waals surface area contributed by atoms with E-state index in [2.05, 4.69) is 14.7 Å². The summed E-state index contributed by atoms with van der Waals surface area (Å²) in [6.45, 7) is 1.33. The highest BCUT2D eigenvalue weighted by Crippen LogP contribution is 2.07. The van der Waals surface area contributed by atoms with Crippen LogP contribution in [0.25, 0.3) is 0 Å². The summed E-state index contributed by atoms with van der Waals surface area (Å²) in [6.07, 6.45) is 6.11. The van der Waals surface area contributed by atoms with Crippen molar-refractivity contribution in [1.82, 2.24) is 19.3 Å². The van der Waals surface area contributed by atoms with Gasteiger partial charge in [0.15, 0.2) is 0 Å². The topological polar surface area (TPSA) is 86.1 Å². The molecule has 2 aromatic rings. The first kappa shape index (κ1) is 14.6. The summed E-state index contributed by atoms with van der Waals surface area (Å²) in [5.41, 5.74) is 0.773. The summed E-state index contributed by atoms with van der Waals surface area (Å²) in [4.78, 5) is 7.95. The molecule has 0 amide bonds. The molecule has 0 saturated carbocycles. The Morgan fingerprint density at radius 1 is 1.35 bits per heavy atom. The lowest BCUT2D eigenvalue weighted by Gasteiger charge is -2.09. The molecule has 0 saturated heterocycles. The number of sulfonamides is 1. The van der Waals surface area contributed by atoms with Crippen LogP contribution in [0.4, 0.5) is 0 Å². The van der Waals surface area contributed by atoms with E-state index in [9.17, 15) is 8.42 Å². The maximum atomic E-state index is 12.0. The second kappa shape index (κ2) is 6.60. The van der Waals surface area contributed by atoms with E-state index < -0.39 is 10.0 Å². The van der Waals surface area contributed by atoms with Gasteiger partial charge in [-0.3, -0.25) is 4.98 Å². The fourth-order valence-corrected chi connectivity index (χ4v) is 2.61. The first-order valence-electron chi connectivity index (χ1n) is 6.01. The molecule has 108 valence electrons. The molecule has 0 fully saturated rings. The Labute approximate surface area is 117 Å². The normalized spacial score (nSPS) is 11.7. The largest absolute Gasteiger partial charge is 0.383 e. The average molecular weight is 296 g/mol. The van der Waals surface area contributed by atoms with Crippen molar-refractivity contribution in [2.24, 2.45) is 0 Å². The van der Waals surface area contributed by atoms with Crippen LogP contribution < -0.4 is 4.72 Å². The minimum Gasteiger partial charge on any atom is -0.383 e. The van der Waals surface area contributed by atoms with Gasteiger partial charge in [-0.2, -0.15) is 0 Å². The molecule has 0 bridgehead atoms. The van der Waals surface area contributed by atoms with Crippen molar-refractivity contribution in [1.29, 1.82) is 0 Å². The molecule has 1 N–H and O–H groups in total. The molecule has 8 heteroatoms. The summed E-state index contributed by atoms with van der Waals surface area (Å²) in [5.74, 6) is 0. The number of nitrogens with one attached hydrogen (secondary N) is 1. The fraction of sp³-hybridized carbons (Fsp3) is 0.333. The lowest BCUT2D eigenvalue weighted by atomic mass is 10.4. The highest BCUT2D eigenvalue weighted by Gasteiger charge is 2.14. The molecular formula is C12H16N4O3S. The number of ether oxygens (including phenoxy) is 1. The van der Waals surface area contributed by atoms with Gasteiger partial charge in [0, 0.05) is 32.2 Å². The number of rotatable bonds is 7. The van der Waals surface area contributed by atoms with Crippen LogP contribution in [0.2, 0.25) is 0 Å². The zero-order chi connectivity index (χ0) is 14.4. The van der Waals surface area contributed by atoms with Gasteiger partial charge in [0.25, 0.3) is 0 Å². The number of aromatic nitrogens is 3. The minimum absolute atomic E-state index is 0.142. The number of nitrogens with zero attached hydrogens (tertiary/aromatic N) is 3. The van der Waals surface area contributed by atoms with E-state index in [1.807, 2.05) is 4.57 Å². The molecule has 0 aliphatic rings. The molecule has 2 heterocycles. The molecule has 0 aromatic carbocycles. The maximum absolute atomic E-state index is 12.0. The lowest BCUT2D eigenvalue weighted by Crippen LogP contribution is -2.25. The average Bonchev–Trinajstić information content (AvgIpc) is 2.91. The maximum Gasteiger partial charge on any atom is 0.242 e. The van der Waals surface area contributed by atoms with E-state index >= 15 is 0 Å². The van der Waals surface area contributed by atoms with Crippen molar-refractivity contribution in [3.63, 3.8) is 0 Å². The molecule has 0 aliphatic carbocycles. The monoisotopic (exact) mass is 296 g/mol. The van der Waals surface area contributed by atoms with Gasteiger partial charge in [0.2, 0.25) is 10.0 Å². The Balaban J connectivity index is 2.04. The lowest BCUT2D eigenvalue weighted by molar-refractivity contribution is 0.186. The third-order valence-corrected chi connectivity index (χ3v) is 4.11. The van der Waals surface area contributed by atoms with Crippen molar-refractivity contribution in [2.75, 3.05) is 13.7 Å². The van der Waals surface area contributed by atoms with Gasteiger partial charge in [-0.15, -0.1) is 0 Å². The number of hydrogen-bond acceptors (Lipinski definition) is 5. The number of methoxy groups -OCH3 is 1. The molecule has 7 nitrogen and oxygen atoms in total. The molecule has 0 spiro atoms. The van der Waals surface area contributed by atoms with Gasteiger partial charge < -0.3 is 9.30 Å². The second-order valence-electron chi connectivity index (χ2n) is 4.08. The zero-order valence-corrected chi connectivity index (χ0v) is 11.9. The predicted octanol–water partition coefficient (Wildman–Crippen LogP) is 0.403. The highest BCUT2D eigenvalue weighted by atomic mass is 32.2. The van der Waals surface area contributed by atoms with Crippen molar-refractivity contribution in [2.45, 2.75) is 18.0 Å². The van der Waals surface area contributed by atoms with Gasteiger partial charge >= 0.3 is 0 Å². The van der Waals surface area contributed by atoms with E-state index in [0.29, 0.717) is 13.2 Å². The Morgan fingerprint density at radius 2 is 2.20 bits per heavy atom. The van der Waals surface area contributed by atoms with Gasteiger partial charge in [-0.25, -0.2) is 18.1 Å². The number of pyridine rings is 1. The predicted molar refractivity (Wildman–Crippen MR) is 72.4 cm³/mol. The zero-order valence-electron chi connectivity index (χ0n) is 11.1. The van der Waals surface area contributed by atoms with E-state index in [1.165, 1.54) is 18.5 Å². The van der Waals surface area contributed by atoms with Crippen LogP contribution in [0.3, 0.4) is 0 Å². The van der Waals surface area contributed by atoms with Gasteiger partial charge in [0.05, 0.1) is 25.2 Å². The van der Waals surface area contributed by atoms with E-state index in [-0.39, 0.29) is 11.4 Å². The van der Waals surface area contributed by atoms with Crippen LogP contribution in [0.1, 0.15) is 5.69 Å². The van der Waals surface area contributed by atoms with Crippen molar-refractivity contribution in [3.8, 4) is 0 Å². The van der Waals surface area contributed by atoms with E-state index in [1.54, 1.807) is 25.7 Å². The van der Waals surface area contributed by atoms with Gasteiger partial charge in [-0.05, 0) is 12.1 Å². The molecule has 0 atom stereocenters. The molecule has 0 unspecified atom stereocenters. The standard InChI is InChI=1S/C12H16N4O3S/c1-19-6-5-16-10-14-7-11(16)8-15-20(17,18)12-3-2-4-13-9-12/h2-4,7,9-10,15H,5-6,8H2,1H3. The Bertz CT molecular complexity index is 640. The summed E-state index contributed by atoms with van der Waals surface area (Å²) >= 11 is 0. The number of imidazole rings is 1.